The van der Waals surface area contributed by atoms with Crippen molar-refractivity contribution >= 4 is 50.7 Å². The number of aliphatic imine (C=N–C) groups is 1. The lowest BCUT2D eigenvalue weighted by Gasteiger charge is -1.99. The van der Waals surface area contributed by atoms with E-state index in [9.17, 15) is 4.79 Å². The van der Waals surface area contributed by atoms with Crippen LogP contribution >= 0.6 is 11.8 Å². The van der Waals surface area contributed by atoms with Gasteiger partial charge in [-0.25, -0.2) is 0 Å². The van der Waals surface area contributed by atoms with Crippen LogP contribution in [0.3, 0.4) is 0 Å². The topological polar surface area (TPSA) is 70.1 Å². The van der Waals surface area contributed by atoms with Crippen LogP contribution in [0, 0.1) is 0 Å². The predicted octanol–water partition coefficient (Wildman–Crippen LogP) is 2.95. The fourth-order valence-corrected chi connectivity index (χ4v) is 3.31. The molecule has 1 aliphatic rings. The molecule has 3 heterocycles. The third kappa shape index (κ3) is 2.85. The molecule has 0 fully saturated rings. The number of aromatic amines is 1. The summed E-state index contributed by atoms with van der Waals surface area (Å²) < 4.78 is 0. The van der Waals surface area contributed by atoms with Crippen molar-refractivity contribution in [3.63, 3.8) is 0 Å². The Morgan fingerprint density at radius 1 is 1.26 bits per heavy atom. The first-order valence-electron chi connectivity index (χ1n) is 7.32. The quantitative estimate of drug-likeness (QED) is 0.713. The molecule has 23 heavy (non-hydrogen) atoms. The minimum atomic E-state index is -0.182. The smallest absolute Gasteiger partial charge is 0.249 e. The highest BCUT2D eigenvalue weighted by Gasteiger charge is 2.09. The SMILES string of the molecule is O=C(/C=C/c1cc2c(cn1)[nH]c1ccccc12)NC1=NCCS1. The monoisotopic (exact) mass is 322 g/mol. The van der Waals surface area contributed by atoms with Crippen molar-refractivity contribution in [1.82, 2.24) is 15.3 Å². The molecule has 0 bridgehead atoms. The number of nitrogens with one attached hydrogen (secondary N) is 2. The molecule has 1 aliphatic heterocycles. The second kappa shape index (κ2) is 5.89. The van der Waals surface area contributed by atoms with Crippen molar-refractivity contribution in [1.29, 1.82) is 0 Å². The number of thioether (sulfide) groups is 1. The van der Waals surface area contributed by atoms with Crippen LogP contribution in [0.25, 0.3) is 27.9 Å². The largest absolute Gasteiger partial charge is 0.353 e. The maximum atomic E-state index is 11.9. The maximum absolute atomic E-state index is 11.9. The minimum absolute atomic E-state index is 0.182. The molecule has 114 valence electrons. The van der Waals surface area contributed by atoms with E-state index < -0.39 is 0 Å². The number of carbonyl (C=O) groups excluding carboxylic acids is 1. The van der Waals surface area contributed by atoms with Crippen LogP contribution < -0.4 is 5.32 Å². The highest BCUT2D eigenvalue weighted by Crippen LogP contribution is 2.25. The molecule has 0 aliphatic carbocycles. The Hall–Kier alpha value is -2.60. The van der Waals surface area contributed by atoms with Crippen molar-refractivity contribution in [2.24, 2.45) is 4.99 Å². The number of hydrogen-bond donors (Lipinski definition) is 2. The van der Waals surface area contributed by atoms with Gasteiger partial charge in [0.15, 0.2) is 5.17 Å². The summed E-state index contributed by atoms with van der Waals surface area (Å²) >= 11 is 1.56. The van der Waals surface area contributed by atoms with Gasteiger partial charge < -0.3 is 10.3 Å². The number of amides is 1. The summed E-state index contributed by atoms with van der Waals surface area (Å²) in [6.07, 6.45) is 5.00. The third-order valence-corrected chi connectivity index (χ3v) is 4.52. The van der Waals surface area contributed by atoms with E-state index in [1.807, 2.05) is 24.3 Å². The van der Waals surface area contributed by atoms with Gasteiger partial charge in [0, 0.05) is 28.1 Å². The van der Waals surface area contributed by atoms with E-state index in [4.69, 9.17) is 0 Å². The standard InChI is InChI=1S/C17H14N4OS/c22-16(21-17-18-7-8-23-17)6-5-11-9-13-12-3-1-2-4-14(12)20-15(13)10-19-11/h1-6,9-10,20H,7-8H2,(H,18,21,22)/b6-5+. The van der Waals surface area contributed by atoms with Gasteiger partial charge in [-0.2, -0.15) is 0 Å². The number of fused-ring (bicyclic) bond motifs is 3. The second-order valence-corrected chi connectivity index (χ2v) is 6.27. The Kier molecular flexibility index (Phi) is 3.59. The number of benzene rings is 1. The second-order valence-electron chi connectivity index (χ2n) is 5.18. The van der Waals surface area contributed by atoms with Gasteiger partial charge in [0.25, 0.3) is 0 Å². The summed E-state index contributed by atoms with van der Waals surface area (Å²) in [5.41, 5.74) is 2.82. The number of H-pyrrole nitrogens is 1. The number of para-hydroxylation sites is 1. The molecule has 0 spiro atoms. The summed E-state index contributed by atoms with van der Waals surface area (Å²) in [5, 5.41) is 5.71. The molecule has 0 atom stereocenters. The first-order valence-corrected chi connectivity index (χ1v) is 8.31. The van der Waals surface area contributed by atoms with Gasteiger partial charge in [-0.05, 0) is 18.2 Å². The fraction of sp³-hybridized carbons (Fsp3) is 0.118. The van der Waals surface area contributed by atoms with Crippen LogP contribution in [0.2, 0.25) is 0 Å². The first-order chi connectivity index (χ1) is 11.3. The molecular formula is C17H14N4OS. The molecule has 0 unspecified atom stereocenters. The molecule has 1 aromatic carbocycles. The summed E-state index contributed by atoms with van der Waals surface area (Å²) in [5.74, 6) is 0.747. The lowest BCUT2D eigenvalue weighted by atomic mass is 10.1. The summed E-state index contributed by atoms with van der Waals surface area (Å²) in [6, 6.07) is 10.1. The van der Waals surface area contributed by atoms with E-state index in [0.717, 1.165) is 39.8 Å². The van der Waals surface area contributed by atoms with E-state index in [1.54, 1.807) is 24.0 Å². The molecule has 2 N–H and O–H groups in total. The molecule has 5 nitrogen and oxygen atoms in total. The number of carbonyl (C=O) groups is 1. The van der Waals surface area contributed by atoms with E-state index in [-0.39, 0.29) is 5.91 Å². The molecule has 0 radical (unpaired) electrons. The van der Waals surface area contributed by atoms with Crippen molar-refractivity contribution in [2.75, 3.05) is 12.3 Å². The van der Waals surface area contributed by atoms with E-state index in [2.05, 4.69) is 26.3 Å². The molecule has 6 heteroatoms. The van der Waals surface area contributed by atoms with Crippen molar-refractivity contribution in [2.45, 2.75) is 0 Å². The molecule has 4 rings (SSSR count). The number of hydrogen-bond acceptors (Lipinski definition) is 4. The van der Waals surface area contributed by atoms with Gasteiger partial charge in [-0.3, -0.25) is 14.8 Å². The van der Waals surface area contributed by atoms with Gasteiger partial charge in [0.1, 0.15) is 0 Å². The number of rotatable bonds is 2. The Balaban J connectivity index is 1.60. The van der Waals surface area contributed by atoms with E-state index >= 15 is 0 Å². The zero-order valence-electron chi connectivity index (χ0n) is 12.2. The fourth-order valence-electron chi connectivity index (χ4n) is 2.58. The Morgan fingerprint density at radius 3 is 3.04 bits per heavy atom. The number of amidine groups is 1. The van der Waals surface area contributed by atoms with Crippen LogP contribution in [0.5, 0.6) is 0 Å². The number of pyridine rings is 1. The van der Waals surface area contributed by atoms with Crippen molar-refractivity contribution < 1.29 is 4.79 Å². The first kappa shape index (κ1) is 14.0. The zero-order valence-corrected chi connectivity index (χ0v) is 13.1. The van der Waals surface area contributed by atoms with Gasteiger partial charge in [0.05, 0.1) is 24.0 Å². The summed E-state index contributed by atoms with van der Waals surface area (Å²) in [6.45, 7) is 0.767. The molecule has 1 amide bonds. The van der Waals surface area contributed by atoms with Crippen LogP contribution in [-0.2, 0) is 4.79 Å². The van der Waals surface area contributed by atoms with E-state index in [1.165, 1.54) is 6.08 Å². The highest BCUT2D eigenvalue weighted by molar-refractivity contribution is 8.14. The number of nitrogens with zero attached hydrogens (tertiary/aromatic N) is 2. The third-order valence-electron chi connectivity index (χ3n) is 3.63. The van der Waals surface area contributed by atoms with Gasteiger partial charge >= 0.3 is 0 Å². The van der Waals surface area contributed by atoms with Gasteiger partial charge in [0.2, 0.25) is 5.91 Å². The Labute approximate surface area is 136 Å². The van der Waals surface area contributed by atoms with Gasteiger partial charge in [-0.15, -0.1) is 0 Å². The van der Waals surface area contributed by atoms with Crippen LogP contribution in [-0.4, -0.2) is 33.3 Å². The highest BCUT2D eigenvalue weighted by atomic mass is 32.2. The lowest BCUT2D eigenvalue weighted by molar-refractivity contribution is -0.115. The van der Waals surface area contributed by atoms with Gasteiger partial charge in [-0.1, -0.05) is 30.0 Å². The van der Waals surface area contributed by atoms with Crippen molar-refractivity contribution in [3.8, 4) is 0 Å². The molecule has 3 aromatic rings. The summed E-state index contributed by atoms with van der Waals surface area (Å²) in [7, 11) is 0. The zero-order chi connectivity index (χ0) is 15.6. The predicted molar refractivity (Wildman–Crippen MR) is 95.5 cm³/mol. The molecule has 0 saturated heterocycles. The minimum Gasteiger partial charge on any atom is -0.353 e. The normalized spacial score (nSPS) is 14.7. The lowest BCUT2D eigenvalue weighted by Crippen LogP contribution is -2.25. The molecule has 2 aromatic heterocycles. The molecular weight excluding hydrogens is 308 g/mol. The van der Waals surface area contributed by atoms with Crippen LogP contribution in [0.1, 0.15) is 5.69 Å². The van der Waals surface area contributed by atoms with Crippen LogP contribution in [0.15, 0.2) is 47.6 Å². The average molecular weight is 322 g/mol. The maximum Gasteiger partial charge on any atom is 0.249 e. The Bertz CT molecular complexity index is 958. The van der Waals surface area contributed by atoms with Crippen molar-refractivity contribution in [3.05, 3.63) is 48.3 Å². The van der Waals surface area contributed by atoms with Crippen LogP contribution in [0.4, 0.5) is 0 Å². The number of aromatic nitrogens is 2. The average Bonchev–Trinajstić information content (AvgIpc) is 3.20. The Morgan fingerprint density at radius 2 is 2.17 bits per heavy atom. The molecule has 0 saturated carbocycles. The summed E-state index contributed by atoms with van der Waals surface area (Å²) in [4.78, 5) is 23.8. The van der Waals surface area contributed by atoms with E-state index in [0.29, 0.717) is 5.17 Å².